The Balaban J connectivity index is 2.83. The first-order valence-corrected chi connectivity index (χ1v) is 6.30. The van der Waals surface area contributed by atoms with E-state index in [0.29, 0.717) is 16.5 Å². The molecular weight excluding hydrogens is 242 g/mol. The number of carbonyl (C=O) groups excluding carboxylic acids is 1. The molecule has 5 nitrogen and oxygen atoms in total. The number of fused-ring (bicyclic) bond motifs is 1. The van der Waals surface area contributed by atoms with Crippen molar-refractivity contribution < 1.29 is 17.4 Å². The maximum atomic E-state index is 11.7. The molecule has 0 aliphatic carbocycles. The highest BCUT2D eigenvalue weighted by Gasteiger charge is 2.19. The molecule has 0 amide bonds. The van der Waals surface area contributed by atoms with Gasteiger partial charge >= 0.3 is 0 Å². The summed E-state index contributed by atoms with van der Waals surface area (Å²) in [7, 11) is -2.66. The molecule has 0 unspecified atom stereocenters. The third-order valence-corrected chi connectivity index (χ3v) is 3.88. The first-order valence-electron chi connectivity index (χ1n) is 4.89. The van der Waals surface area contributed by atoms with Crippen molar-refractivity contribution in [2.75, 3.05) is 7.11 Å². The van der Waals surface area contributed by atoms with Crippen LogP contribution in [0.1, 0.15) is 17.3 Å². The Labute approximate surface area is 98.5 Å². The fraction of sp³-hybridized carbons (Fsp3) is 0.182. The number of benzene rings is 1. The van der Waals surface area contributed by atoms with Crippen LogP contribution in [0.4, 0.5) is 0 Å². The smallest absolute Gasteiger partial charge is 0.297 e. The number of hydrogen-bond acceptors (Lipinski definition) is 4. The van der Waals surface area contributed by atoms with Crippen LogP contribution in [0.25, 0.3) is 10.9 Å². The van der Waals surface area contributed by atoms with Gasteiger partial charge in [0, 0.05) is 17.1 Å². The summed E-state index contributed by atoms with van der Waals surface area (Å²) in [5, 5.41) is 0.458. The highest BCUT2D eigenvalue weighted by Crippen LogP contribution is 2.26. The second-order valence-electron chi connectivity index (χ2n) is 3.55. The van der Waals surface area contributed by atoms with Crippen molar-refractivity contribution >= 4 is 26.8 Å². The third kappa shape index (κ3) is 1.85. The second-order valence-corrected chi connectivity index (χ2v) is 5.24. The molecule has 0 spiro atoms. The number of aromatic nitrogens is 1. The zero-order valence-corrected chi connectivity index (χ0v) is 10.2. The fourth-order valence-corrected chi connectivity index (χ4v) is 2.58. The average Bonchev–Trinajstić information content (AvgIpc) is 2.75. The van der Waals surface area contributed by atoms with Crippen LogP contribution in [-0.4, -0.2) is 26.3 Å². The largest absolute Gasteiger partial charge is 0.361 e. The highest BCUT2D eigenvalue weighted by molar-refractivity contribution is 7.87. The van der Waals surface area contributed by atoms with Gasteiger partial charge in [-0.2, -0.15) is 8.42 Å². The predicted octanol–water partition coefficient (Wildman–Crippen LogP) is 1.71. The summed E-state index contributed by atoms with van der Waals surface area (Å²) in [5.74, 6) is -0.126. The summed E-state index contributed by atoms with van der Waals surface area (Å²) in [4.78, 5) is 14.3. The van der Waals surface area contributed by atoms with E-state index in [9.17, 15) is 13.2 Å². The van der Waals surface area contributed by atoms with Crippen LogP contribution in [0.2, 0.25) is 0 Å². The van der Waals surface area contributed by atoms with E-state index in [1.165, 1.54) is 19.1 Å². The lowest BCUT2D eigenvalue weighted by atomic mass is 10.1. The molecule has 0 saturated heterocycles. The number of aromatic amines is 1. The van der Waals surface area contributed by atoms with Gasteiger partial charge in [-0.1, -0.05) is 0 Å². The van der Waals surface area contributed by atoms with Gasteiger partial charge in [-0.3, -0.25) is 8.98 Å². The predicted molar refractivity (Wildman–Crippen MR) is 62.5 cm³/mol. The van der Waals surface area contributed by atoms with E-state index in [2.05, 4.69) is 9.17 Å². The molecule has 1 aromatic heterocycles. The van der Waals surface area contributed by atoms with E-state index in [4.69, 9.17) is 0 Å². The number of carbonyl (C=O) groups is 1. The van der Waals surface area contributed by atoms with Gasteiger partial charge in [-0.25, -0.2) is 0 Å². The van der Waals surface area contributed by atoms with Crippen LogP contribution in [0.3, 0.4) is 0 Å². The Hall–Kier alpha value is -1.66. The molecule has 0 bridgehead atoms. The lowest BCUT2D eigenvalue weighted by molar-refractivity contribution is 0.101. The fourth-order valence-electron chi connectivity index (χ4n) is 1.73. The number of rotatable bonds is 3. The van der Waals surface area contributed by atoms with Gasteiger partial charge in [0.05, 0.1) is 12.6 Å². The minimum Gasteiger partial charge on any atom is -0.361 e. The van der Waals surface area contributed by atoms with Gasteiger partial charge in [0.1, 0.15) is 4.90 Å². The zero-order chi connectivity index (χ0) is 12.6. The van der Waals surface area contributed by atoms with E-state index in [1.54, 1.807) is 12.3 Å². The molecule has 0 atom stereocenters. The van der Waals surface area contributed by atoms with E-state index in [0.717, 1.165) is 7.11 Å². The molecule has 1 heterocycles. The Bertz CT molecular complexity index is 685. The maximum Gasteiger partial charge on any atom is 0.297 e. The van der Waals surface area contributed by atoms with Crippen molar-refractivity contribution in [1.82, 2.24) is 4.98 Å². The standard InChI is InChI=1S/C11H11NO4S/c1-7(13)8-3-4-10(17(14,15)16-2)9-5-6-12-11(8)9/h3-6,12H,1-2H3. The minimum absolute atomic E-state index is 0.0567. The molecule has 17 heavy (non-hydrogen) atoms. The zero-order valence-electron chi connectivity index (χ0n) is 9.35. The lowest BCUT2D eigenvalue weighted by Crippen LogP contribution is -2.04. The van der Waals surface area contributed by atoms with Crippen molar-refractivity contribution in [3.05, 3.63) is 30.0 Å². The number of H-pyrrole nitrogens is 1. The first-order chi connectivity index (χ1) is 7.97. The Morgan fingerprint density at radius 3 is 2.59 bits per heavy atom. The monoisotopic (exact) mass is 253 g/mol. The number of hydrogen-bond donors (Lipinski definition) is 1. The van der Waals surface area contributed by atoms with E-state index >= 15 is 0 Å². The molecule has 0 radical (unpaired) electrons. The molecular formula is C11H11NO4S. The molecule has 2 rings (SSSR count). The van der Waals surface area contributed by atoms with Crippen LogP contribution in [0, 0.1) is 0 Å². The molecule has 1 aromatic carbocycles. The summed E-state index contributed by atoms with van der Waals surface area (Å²) < 4.78 is 27.8. The van der Waals surface area contributed by atoms with E-state index < -0.39 is 10.1 Å². The molecule has 2 aromatic rings. The average molecular weight is 253 g/mol. The SMILES string of the molecule is COS(=O)(=O)c1ccc(C(C)=O)c2[nH]ccc12. The Morgan fingerprint density at radius 1 is 1.29 bits per heavy atom. The maximum absolute atomic E-state index is 11.7. The van der Waals surface area contributed by atoms with E-state index in [-0.39, 0.29) is 10.7 Å². The van der Waals surface area contributed by atoms with Gasteiger partial charge in [0.2, 0.25) is 0 Å². The third-order valence-electron chi connectivity index (χ3n) is 2.55. The summed E-state index contributed by atoms with van der Waals surface area (Å²) >= 11 is 0. The quantitative estimate of drug-likeness (QED) is 0.667. The minimum atomic E-state index is -3.77. The van der Waals surface area contributed by atoms with Crippen molar-refractivity contribution in [2.45, 2.75) is 11.8 Å². The van der Waals surface area contributed by atoms with E-state index in [1.807, 2.05) is 0 Å². The van der Waals surface area contributed by atoms with Crippen LogP contribution in [0.15, 0.2) is 29.3 Å². The molecule has 0 aliphatic heterocycles. The molecule has 6 heteroatoms. The van der Waals surface area contributed by atoms with Gasteiger partial charge in [-0.05, 0) is 25.1 Å². The summed E-state index contributed by atoms with van der Waals surface area (Å²) in [6.07, 6.45) is 1.59. The van der Waals surface area contributed by atoms with Crippen molar-refractivity contribution in [1.29, 1.82) is 0 Å². The number of Topliss-reactive ketones (excluding diaryl/α,β-unsaturated/α-hetero) is 1. The van der Waals surface area contributed by atoms with Crippen molar-refractivity contribution in [3.63, 3.8) is 0 Å². The second kappa shape index (κ2) is 3.97. The van der Waals surface area contributed by atoms with Gasteiger partial charge in [0.25, 0.3) is 10.1 Å². The first kappa shape index (κ1) is 11.8. The van der Waals surface area contributed by atoms with Gasteiger partial charge in [-0.15, -0.1) is 0 Å². The van der Waals surface area contributed by atoms with Crippen LogP contribution in [-0.2, 0) is 14.3 Å². The summed E-state index contributed by atoms with van der Waals surface area (Å²) in [6, 6.07) is 4.46. The number of ketones is 1. The highest BCUT2D eigenvalue weighted by atomic mass is 32.2. The topological polar surface area (TPSA) is 76.2 Å². The van der Waals surface area contributed by atoms with Crippen LogP contribution < -0.4 is 0 Å². The summed E-state index contributed by atoms with van der Waals surface area (Å²) in [6.45, 7) is 1.43. The normalized spacial score (nSPS) is 11.9. The molecule has 0 saturated carbocycles. The number of nitrogens with one attached hydrogen (secondary N) is 1. The van der Waals surface area contributed by atoms with Crippen molar-refractivity contribution in [2.24, 2.45) is 0 Å². The lowest BCUT2D eigenvalue weighted by Gasteiger charge is -2.05. The Morgan fingerprint density at radius 2 is 2.00 bits per heavy atom. The molecule has 0 fully saturated rings. The van der Waals surface area contributed by atoms with Gasteiger partial charge in [0.15, 0.2) is 5.78 Å². The molecule has 0 aliphatic rings. The van der Waals surface area contributed by atoms with Gasteiger partial charge < -0.3 is 4.98 Å². The van der Waals surface area contributed by atoms with Crippen molar-refractivity contribution in [3.8, 4) is 0 Å². The van der Waals surface area contributed by atoms with Crippen LogP contribution >= 0.6 is 0 Å². The molecule has 1 N–H and O–H groups in total. The summed E-state index contributed by atoms with van der Waals surface area (Å²) in [5.41, 5.74) is 0.968. The van der Waals surface area contributed by atoms with Crippen LogP contribution in [0.5, 0.6) is 0 Å². The molecule has 90 valence electrons. The Kier molecular flexibility index (Phi) is 2.76.